The highest BCUT2D eigenvalue weighted by atomic mass is 32.1. The Balaban J connectivity index is 1.45. The van der Waals surface area contributed by atoms with Crippen molar-refractivity contribution in [3.05, 3.63) is 123 Å². The number of rotatable bonds is 6. The first-order valence-corrected chi connectivity index (χ1v) is 13.7. The molecule has 6 rings (SSSR count). The van der Waals surface area contributed by atoms with E-state index in [4.69, 9.17) is 4.74 Å². The van der Waals surface area contributed by atoms with Crippen molar-refractivity contribution in [1.29, 1.82) is 0 Å². The molecule has 0 radical (unpaired) electrons. The summed E-state index contributed by atoms with van der Waals surface area (Å²) in [5.41, 5.74) is 3.87. The van der Waals surface area contributed by atoms with E-state index in [1.165, 1.54) is 22.5 Å². The molecular weight excluding hydrogens is 494 g/mol. The molecule has 1 aromatic heterocycles. The SMILES string of the molecule is O=C1C(=O)N(Cc2cccs2)C(c2cccc(Oc3ccccc3)c2)/C1=C(/O)c1ccc2c(c1)CCCC2. The topological polar surface area (TPSA) is 66.8 Å². The van der Waals surface area contributed by atoms with Crippen molar-refractivity contribution in [3.8, 4) is 11.5 Å². The minimum Gasteiger partial charge on any atom is -0.507 e. The van der Waals surface area contributed by atoms with Gasteiger partial charge in [0.05, 0.1) is 18.2 Å². The van der Waals surface area contributed by atoms with Crippen molar-refractivity contribution in [1.82, 2.24) is 4.90 Å². The molecular formula is C32H27NO4S. The molecule has 2 aliphatic rings. The fourth-order valence-corrected chi connectivity index (χ4v) is 6.07. The van der Waals surface area contributed by atoms with E-state index in [2.05, 4.69) is 0 Å². The van der Waals surface area contributed by atoms with Crippen molar-refractivity contribution in [2.45, 2.75) is 38.3 Å². The Bertz CT molecular complexity index is 1520. The highest BCUT2D eigenvalue weighted by Crippen LogP contribution is 2.42. The number of ketones is 1. The summed E-state index contributed by atoms with van der Waals surface area (Å²) in [6.45, 7) is 0.275. The van der Waals surface area contributed by atoms with E-state index in [0.29, 0.717) is 22.6 Å². The molecule has 190 valence electrons. The predicted molar refractivity (Wildman–Crippen MR) is 148 cm³/mol. The third-order valence-electron chi connectivity index (χ3n) is 7.22. The van der Waals surface area contributed by atoms with E-state index in [-0.39, 0.29) is 17.9 Å². The molecule has 1 saturated heterocycles. The van der Waals surface area contributed by atoms with Gasteiger partial charge in [-0.3, -0.25) is 9.59 Å². The average molecular weight is 522 g/mol. The van der Waals surface area contributed by atoms with E-state index in [0.717, 1.165) is 30.6 Å². The predicted octanol–water partition coefficient (Wildman–Crippen LogP) is 7.04. The molecule has 38 heavy (non-hydrogen) atoms. The minimum absolute atomic E-state index is 0.110. The second-order valence-electron chi connectivity index (χ2n) is 9.68. The maximum Gasteiger partial charge on any atom is 0.295 e. The van der Waals surface area contributed by atoms with Crippen LogP contribution in [0.15, 0.2) is 95.9 Å². The third kappa shape index (κ3) is 4.63. The zero-order chi connectivity index (χ0) is 26.1. The normalized spacial score (nSPS) is 18.4. The molecule has 4 aromatic rings. The molecule has 5 nitrogen and oxygen atoms in total. The zero-order valence-electron chi connectivity index (χ0n) is 20.8. The van der Waals surface area contributed by atoms with Gasteiger partial charge in [0.1, 0.15) is 17.3 Å². The van der Waals surface area contributed by atoms with Gasteiger partial charge < -0.3 is 14.7 Å². The smallest absolute Gasteiger partial charge is 0.295 e. The number of carbonyl (C=O) groups excluding carboxylic acids is 2. The number of nitrogens with zero attached hydrogens (tertiary/aromatic N) is 1. The number of aliphatic hydroxyl groups excluding tert-OH is 1. The van der Waals surface area contributed by atoms with Crippen molar-refractivity contribution in [3.63, 3.8) is 0 Å². The Hall–Kier alpha value is -4.16. The molecule has 3 aromatic carbocycles. The fourth-order valence-electron chi connectivity index (χ4n) is 5.37. The maximum atomic E-state index is 13.5. The van der Waals surface area contributed by atoms with Crippen LogP contribution in [0.1, 0.15) is 46.0 Å². The molecule has 0 saturated carbocycles. The van der Waals surface area contributed by atoms with Crippen LogP contribution < -0.4 is 4.74 Å². The Morgan fingerprint density at radius 1 is 0.868 bits per heavy atom. The van der Waals surface area contributed by atoms with Gasteiger partial charge in [-0.15, -0.1) is 11.3 Å². The number of aryl methyl sites for hydroxylation is 2. The van der Waals surface area contributed by atoms with Crippen LogP contribution in [-0.2, 0) is 29.0 Å². The van der Waals surface area contributed by atoms with E-state index < -0.39 is 17.7 Å². The van der Waals surface area contributed by atoms with Gasteiger partial charge in [0.25, 0.3) is 11.7 Å². The number of amides is 1. The monoisotopic (exact) mass is 521 g/mol. The first-order chi connectivity index (χ1) is 18.6. The number of ether oxygens (including phenoxy) is 1. The van der Waals surface area contributed by atoms with Gasteiger partial charge in [0.2, 0.25) is 0 Å². The second kappa shape index (κ2) is 10.3. The van der Waals surface area contributed by atoms with Crippen LogP contribution in [0.5, 0.6) is 11.5 Å². The molecule has 0 bridgehead atoms. The maximum absolute atomic E-state index is 13.5. The Labute approximate surface area is 225 Å². The highest BCUT2D eigenvalue weighted by Gasteiger charge is 2.46. The zero-order valence-corrected chi connectivity index (χ0v) is 21.6. The van der Waals surface area contributed by atoms with Gasteiger partial charge in [-0.2, -0.15) is 0 Å². The second-order valence-corrected chi connectivity index (χ2v) is 10.7. The number of hydrogen-bond donors (Lipinski definition) is 1. The average Bonchev–Trinajstić information content (AvgIpc) is 3.55. The first kappa shape index (κ1) is 24.2. The van der Waals surface area contributed by atoms with E-state index in [1.807, 2.05) is 90.3 Å². The number of aliphatic hydroxyl groups is 1. The molecule has 1 unspecified atom stereocenters. The molecule has 6 heteroatoms. The largest absolute Gasteiger partial charge is 0.507 e. The first-order valence-electron chi connectivity index (χ1n) is 12.8. The van der Waals surface area contributed by atoms with Crippen LogP contribution in [0.4, 0.5) is 0 Å². The van der Waals surface area contributed by atoms with Gasteiger partial charge in [-0.25, -0.2) is 0 Å². The third-order valence-corrected chi connectivity index (χ3v) is 8.08. The number of benzene rings is 3. The van der Waals surface area contributed by atoms with Gasteiger partial charge in [-0.1, -0.05) is 48.5 Å². The molecule has 1 amide bonds. The van der Waals surface area contributed by atoms with Crippen LogP contribution in [0.25, 0.3) is 5.76 Å². The molecule has 0 spiro atoms. The molecule has 1 aliphatic heterocycles. The number of para-hydroxylation sites is 1. The van der Waals surface area contributed by atoms with Crippen molar-refractivity contribution in [2.24, 2.45) is 0 Å². The summed E-state index contributed by atoms with van der Waals surface area (Å²) in [5, 5.41) is 13.5. The van der Waals surface area contributed by atoms with E-state index >= 15 is 0 Å². The van der Waals surface area contributed by atoms with Crippen LogP contribution >= 0.6 is 11.3 Å². The van der Waals surface area contributed by atoms with Crippen molar-refractivity contribution >= 4 is 28.8 Å². The van der Waals surface area contributed by atoms with E-state index in [9.17, 15) is 14.7 Å². The van der Waals surface area contributed by atoms with Crippen LogP contribution in [-0.4, -0.2) is 21.7 Å². The lowest BCUT2D eigenvalue weighted by Gasteiger charge is -2.25. The highest BCUT2D eigenvalue weighted by molar-refractivity contribution is 7.09. The van der Waals surface area contributed by atoms with Gasteiger partial charge in [-0.05, 0) is 84.2 Å². The van der Waals surface area contributed by atoms with Crippen molar-refractivity contribution < 1.29 is 19.4 Å². The Kier molecular flexibility index (Phi) is 6.56. The fraction of sp³-hybridized carbons (Fsp3) is 0.188. The Morgan fingerprint density at radius 2 is 1.66 bits per heavy atom. The van der Waals surface area contributed by atoms with Crippen molar-refractivity contribution in [2.75, 3.05) is 0 Å². The molecule has 1 aliphatic carbocycles. The van der Waals surface area contributed by atoms with Crippen LogP contribution in [0.3, 0.4) is 0 Å². The number of likely N-dealkylation sites (tertiary alicyclic amines) is 1. The standard InChI is InChI=1S/C32H27NO4S/c34-30(24-16-15-21-8-4-5-9-22(21)18-24)28-29(33(32(36)31(28)35)20-27-14-7-17-38-27)23-10-6-13-26(19-23)37-25-11-2-1-3-12-25/h1-3,6-7,10-19,29,34H,4-5,8-9,20H2/b30-28-. The number of thiophene rings is 1. The molecule has 1 fully saturated rings. The van der Waals surface area contributed by atoms with Gasteiger partial charge in [0.15, 0.2) is 0 Å². The van der Waals surface area contributed by atoms with Gasteiger partial charge >= 0.3 is 0 Å². The summed E-state index contributed by atoms with van der Waals surface area (Å²) in [5.74, 6) is -0.145. The lowest BCUT2D eigenvalue weighted by Crippen LogP contribution is -2.28. The molecule has 2 heterocycles. The summed E-state index contributed by atoms with van der Waals surface area (Å²) >= 11 is 1.53. The van der Waals surface area contributed by atoms with Gasteiger partial charge in [0, 0.05) is 10.4 Å². The number of hydrogen-bond acceptors (Lipinski definition) is 5. The summed E-state index contributed by atoms with van der Waals surface area (Å²) in [6.07, 6.45) is 4.24. The Morgan fingerprint density at radius 3 is 2.45 bits per heavy atom. The number of fused-ring (bicyclic) bond motifs is 1. The summed E-state index contributed by atoms with van der Waals surface area (Å²) in [4.78, 5) is 29.4. The lowest BCUT2D eigenvalue weighted by molar-refractivity contribution is -0.140. The number of Topliss-reactive ketones (excluding diaryl/α,β-unsaturated/α-hetero) is 1. The summed E-state index contributed by atoms with van der Waals surface area (Å²) in [7, 11) is 0. The van der Waals surface area contributed by atoms with E-state index in [1.54, 1.807) is 4.90 Å². The molecule has 1 N–H and O–H groups in total. The summed E-state index contributed by atoms with van der Waals surface area (Å²) in [6, 6.07) is 25.8. The number of carbonyl (C=O) groups is 2. The molecule has 1 atom stereocenters. The van der Waals surface area contributed by atoms with Crippen LogP contribution in [0.2, 0.25) is 0 Å². The summed E-state index contributed by atoms with van der Waals surface area (Å²) < 4.78 is 6.05. The van der Waals surface area contributed by atoms with Crippen LogP contribution in [0, 0.1) is 0 Å². The minimum atomic E-state index is -0.743. The quantitative estimate of drug-likeness (QED) is 0.168. The lowest BCUT2D eigenvalue weighted by atomic mass is 9.88.